The molecule has 0 aliphatic carbocycles. The average Bonchev–Trinajstić information content (AvgIpc) is 2.43. The number of nitrogens with zero attached hydrogens (tertiary/aromatic N) is 1. The number of nitrogens with one attached hydrogen (secondary N) is 1. The van der Waals surface area contributed by atoms with Gasteiger partial charge in [-0.05, 0) is 23.8 Å². The second-order valence-electron chi connectivity index (χ2n) is 4.84. The van der Waals surface area contributed by atoms with Crippen LogP contribution in [-0.2, 0) is 6.54 Å². The molecular formula is C15H15Cl2FN2O. The van der Waals surface area contributed by atoms with E-state index in [0.29, 0.717) is 23.4 Å². The quantitative estimate of drug-likeness (QED) is 0.854. The van der Waals surface area contributed by atoms with E-state index < -0.39 is 5.82 Å². The summed E-state index contributed by atoms with van der Waals surface area (Å²) in [7, 11) is 0. The molecular weight excluding hydrogens is 314 g/mol. The summed E-state index contributed by atoms with van der Waals surface area (Å²) in [5, 5.41) is 3.68. The highest BCUT2D eigenvalue weighted by atomic mass is 35.5. The first-order valence-corrected chi connectivity index (χ1v) is 7.22. The molecule has 0 radical (unpaired) electrons. The van der Waals surface area contributed by atoms with E-state index in [1.54, 1.807) is 18.3 Å². The Morgan fingerprint density at radius 1 is 1.24 bits per heavy atom. The Hall–Kier alpha value is -1.36. The topological polar surface area (TPSA) is 34.2 Å². The van der Waals surface area contributed by atoms with Crippen LogP contribution in [0.25, 0.3) is 0 Å². The Morgan fingerprint density at radius 3 is 2.62 bits per heavy atom. The van der Waals surface area contributed by atoms with E-state index in [1.807, 2.05) is 0 Å². The van der Waals surface area contributed by atoms with Crippen molar-refractivity contribution in [3.63, 3.8) is 0 Å². The highest BCUT2D eigenvalue weighted by molar-refractivity contribution is 6.32. The minimum atomic E-state index is -0.553. The van der Waals surface area contributed by atoms with Gasteiger partial charge in [-0.25, -0.2) is 9.37 Å². The zero-order chi connectivity index (χ0) is 15.4. The Labute approximate surface area is 133 Å². The maximum atomic E-state index is 13.3. The third kappa shape index (κ3) is 4.56. The van der Waals surface area contributed by atoms with Gasteiger partial charge in [0.2, 0.25) is 5.88 Å². The normalized spacial score (nSPS) is 11.0. The van der Waals surface area contributed by atoms with E-state index in [-0.39, 0.29) is 10.9 Å². The Morgan fingerprint density at radius 2 is 2.00 bits per heavy atom. The van der Waals surface area contributed by atoms with Crippen molar-refractivity contribution in [3.05, 3.63) is 51.9 Å². The number of hydrogen-bond acceptors (Lipinski definition) is 3. The monoisotopic (exact) mass is 328 g/mol. The number of benzene rings is 1. The second kappa shape index (κ2) is 7.07. The van der Waals surface area contributed by atoms with E-state index in [9.17, 15) is 4.39 Å². The van der Waals surface area contributed by atoms with Gasteiger partial charge in [0, 0.05) is 24.8 Å². The molecule has 0 spiro atoms. The smallest absolute Gasteiger partial charge is 0.238 e. The lowest BCUT2D eigenvalue weighted by atomic mass is 10.2. The molecule has 0 fully saturated rings. The van der Waals surface area contributed by atoms with Crippen LogP contribution in [0.3, 0.4) is 0 Å². The molecule has 0 amide bonds. The zero-order valence-electron chi connectivity index (χ0n) is 11.7. The van der Waals surface area contributed by atoms with Gasteiger partial charge >= 0.3 is 0 Å². The predicted octanol–water partition coefficient (Wildman–Crippen LogP) is 4.82. The summed E-state index contributed by atoms with van der Waals surface area (Å²) in [5.74, 6) is -0.0333. The van der Waals surface area contributed by atoms with Gasteiger partial charge in [0.1, 0.15) is 16.6 Å². The minimum absolute atomic E-state index is 0.0384. The number of hydrogen-bond donors (Lipinski definition) is 1. The summed E-state index contributed by atoms with van der Waals surface area (Å²) in [4.78, 5) is 4.15. The van der Waals surface area contributed by atoms with Crippen LogP contribution in [0.5, 0.6) is 11.6 Å². The van der Waals surface area contributed by atoms with E-state index in [1.165, 1.54) is 12.1 Å². The third-order valence-electron chi connectivity index (χ3n) is 2.68. The fourth-order valence-corrected chi connectivity index (χ4v) is 1.96. The molecule has 6 heteroatoms. The molecule has 1 aromatic carbocycles. The standard InChI is InChI=1S/C15H15Cl2FN2O/c1-9(2)19-7-10-5-13(17)15(20-8-10)21-11-3-4-12(16)14(18)6-11/h3-6,8-9,19H,7H2,1-2H3. The Kier molecular flexibility index (Phi) is 5.39. The van der Waals surface area contributed by atoms with Crippen molar-refractivity contribution in [2.24, 2.45) is 0 Å². The first-order valence-electron chi connectivity index (χ1n) is 6.46. The Bertz CT molecular complexity index is 635. The average molecular weight is 329 g/mol. The fraction of sp³-hybridized carbons (Fsp3) is 0.267. The van der Waals surface area contributed by atoms with E-state index in [0.717, 1.165) is 5.56 Å². The van der Waals surface area contributed by atoms with Crippen molar-refractivity contribution in [1.82, 2.24) is 10.3 Å². The van der Waals surface area contributed by atoms with Crippen molar-refractivity contribution < 1.29 is 9.13 Å². The minimum Gasteiger partial charge on any atom is -0.437 e. The molecule has 0 saturated carbocycles. The van der Waals surface area contributed by atoms with E-state index in [4.69, 9.17) is 27.9 Å². The summed E-state index contributed by atoms with van der Waals surface area (Å²) < 4.78 is 18.8. The molecule has 0 aliphatic rings. The van der Waals surface area contributed by atoms with Gasteiger partial charge in [-0.15, -0.1) is 0 Å². The number of rotatable bonds is 5. The van der Waals surface area contributed by atoms with Gasteiger partial charge < -0.3 is 10.1 Å². The Balaban J connectivity index is 2.11. The van der Waals surface area contributed by atoms with Crippen molar-refractivity contribution in [3.8, 4) is 11.6 Å². The molecule has 2 rings (SSSR count). The van der Waals surface area contributed by atoms with Crippen molar-refractivity contribution in [2.75, 3.05) is 0 Å². The molecule has 21 heavy (non-hydrogen) atoms. The molecule has 0 saturated heterocycles. The van der Waals surface area contributed by atoms with Crippen molar-refractivity contribution >= 4 is 23.2 Å². The zero-order valence-corrected chi connectivity index (χ0v) is 13.2. The van der Waals surface area contributed by atoms with Crippen molar-refractivity contribution in [1.29, 1.82) is 0 Å². The lowest BCUT2D eigenvalue weighted by Gasteiger charge is -2.10. The molecule has 0 atom stereocenters. The fourth-order valence-electron chi connectivity index (χ4n) is 1.61. The molecule has 3 nitrogen and oxygen atoms in total. The summed E-state index contributed by atoms with van der Waals surface area (Å²) in [6.07, 6.45) is 1.67. The van der Waals surface area contributed by atoms with Crippen LogP contribution in [0.1, 0.15) is 19.4 Å². The predicted molar refractivity (Wildman–Crippen MR) is 82.7 cm³/mol. The van der Waals surface area contributed by atoms with Crippen LogP contribution in [-0.4, -0.2) is 11.0 Å². The third-order valence-corrected chi connectivity index (χ3v) is 3.26. The largest absolute Gasteiger partial charge is 0.437 e. The molecule has 1 aromatic heterocycles. The first-order chi connectivity index (χ1) is 9.95. The maximum Gasteiger partial charge on any atom is 0.238 e. The van der Waals surface area contributed by atoms with Crippen LogP contribution in [0.4, 0.5) is 4.39 Å². The molecule has 0 unspecified atom stereocenters. The molecule has 1 heterocycles. The van der Waals surface area contributed by atoms with Gasteiger partial charge in [-0.2, -0.15) is 0 Å². The molecule has 2 aromatic rings. The van der Waals surface area contributed by atoms with Crippen LogP contribution < -0.4 is 10.1 Å². The number of halogens is 3. The molecule has 0 bridgehead atoms. The number of pyridine rings is 1. The lowest BCUT2D eigenvalue weighted by Crippen LogP contribution is -2.21. The molecule has 0 aliphatic heterocycles. The van der Waals surface area contributed by atoms with E-state index >= 15 is 0 Å². The maximum absolute atomic E-state index is 13.3. The van der Waals surface area contributed by atoms with Crippen LogP contribution in [0.15, 0.2) is 30.5 Å². The molecule has 1 N–H and O–H groups in total. The van der Waals surface area contributed by atoms with Gasteiger partial charge in [-0.1, -0.05) is 37.0 Å². The number of aromatic nitrogens is 1. The van der Waals surface area contributed by atoms with Crippen LogP contribution in [0.2, 0.25) is 10.0 Å². The highest BCUT2D eigenvalue weighted by Crippen LogP contribution is 2.29. The lowest BCUT2D eigenvalue weighted by molar-refractivity contribution is 0.457. The summed E-state index contributed by atoms with van der Waals surface area (Å²) in [5.41, 5.74) is 0.948. The van der Waals surface area contributed by atoms with Gasteiger partial charge in [0.25, 0.3) is 0 Å². The van der Waals surface area contributed by atoms with Crippen LogP contribution >= 0.6 is 23.2 Å². The summed E-state index contributed by atoms with van der Waals surface area (Å²) in [6, 6.07) is 6.30. The number of ether oxygens (including phenoxy) is 1. The van der Waals surface area contributed by atoms with Gasteiger partial charge in [0.05, 0.1) is 5.02 Å². The van der Waals surface area contributed by atoms with Crippen LogP contribution in [0, 0.1) is 5.82 Å². The first kappa shape index (κ1) is 16.0. The summed E-state index contributed by atoms with van der Waals surface area (Å²) in [6.45, 7) is 4.78. The van der Waals surface area contributed by atoms with E-state index in [2.05, 4.69) is 24.1 Å². The SMILES string of the molecule is CC(C)NCc1cnc(Oc2ccc(Cl)c(F)c2)c(Cl)c1. The van der Waals surface area contributed by atoms with Gasteiger partial charge in [-0.3, -0.25) is 0 Å². The van der Waals surface area contributed by atoms with Crippen molar-refractivity contribution in [2.45, 2.75) is 26.4 Å². The highest BCUT2D eigenvalue weighted by Gasteiger charge is 2.08. The van der Waals surface area contributed by atoms with Gasteiger partial charge in [0.15, 0.2) is 0 Å². The molecule has 112 valence electrons. The second-order valence-corrected chi connectivity index (χ2v) is 5.66. The summed E-state index contributed by atoms with van der Waals surface area (Å²) >= 11 is 11.7.